The molecule has 0 unspecified atom stereocenters. The Balaban J connectivity index is 1.79. The minimum atomic E-state index is -0.613. The van der Waals surface area contributed by atoms with E-state index in [9.17, 15) is 14.4 Å². The minimum absolute atomic E-state index is 0.0604. The van der Waals surface area contributed by atoms with Gasteiger partial charge in [0.2, 0.25) is 0 Å². The van der Waals surface area contributed by atoms with Crippen molar-refractivity contribution in [3.05, 3.63) is 17.7 Å². The Morgan fingerprint density at radius 3 is 2.39 bits per heavy atom. The van der Waals surface area contributed by atoms with Gasteiger partial charge in [-0.1, -0.05) is 6.08 Å². The highest BCUT2D eigenvalue weighted by atomic mass is 16.7. The average Bonchev–Trinajstić information content (AvgIpc) is 3.01. The van der Waals surface area contributed by atoms with Gasteiger partial charge in [0.05, 0.1) is 25.4 Å². The molecule has 2 heterocycles. The Bertz CT molecular complexity index is 937. The molecule has 1 saturated heterocycles. The van der Waals surface area contributed by atoms with Crippen molar-refractivity contribution in [2.75, 3.05) is 31.4 Å². The van der Waals surface area contributed by atoms with Gasteiger partial charge in [0.15, 0.2) is 5.75 Å². The van der Waals surface area contributed by atoms with Crippen LogP contribution in [0.4, 0.5) is 11.4 Å². The molecule has 9 nitrogen and oxygen atoms in total. The molecule has 0 bridgehead atoms. The lowest BCUT2D eigenvalue weighted by atomic mass is 9.87. The molecule has 31 heavy (non-hydrogen) atoms. The molecule has 0 aliphatic carbocycles. The van der Waals surface area contributed by atoms with Crippen LogP contribution < -0.4 is 20.1 Å². The van der Waals surface area contributed by atoms with Gasteiger partial charge in [0.1, 0.15) is 11.4 Å². The second-order valence-electron chi connectivity index (χ2n) is 8.20. The highest BCUT2D eigenvalue weighted by Gasteiger charge is 2.35. The summed E-state index contributed by atoms with van der Waals surface area (Å²) in [7, 11) is 3.12. The highest BCUT2D eigenvalue weighted by molar-refractivity contribution is 6.01. The number of nitrogens with two attached hydrogens (primary N) is 1. The van der Waals surface area contributed by atoms with Gasteiger partial charge in [-0.15, -0.1) is 5.06 Å². The summed E-state index contributed by atoms with van der Waals surface area (Å²) in [5, 5.41) is 0.576. The third-order valence-corrected chi connectivity index (χ3v) is 5.60. The van der Waals surface area contributed by atoms with Gasteiger partial charge in [-0.05, 0) is 32.8 Å². The Kier molecular flexibility index (Phi) is 6.15. The van der Waals surface area contributed by atoms with E-state index >= 15 is 0 Å². The molecule has 0 aromatic heterocycles. The number of anilines is 2. The number of rotatable bonds is 7. The molecule has 1 aromatic carbocycles. The number of ether oxygens (including phenoxy) is 2. The van der Waals surface area contributed by atoms with Crippen LogP contribution >= 0.6 is 0 Å². The van der Waals surface area contributed by atoms with E-state index in [0.29, 0.717) is 35.2 Å². The van der Waals surface area contributed by atoms with Crippen molar-refractivity contribution in [2.24, 2.45) is 0 Å². The zero-order chi connectivity index (χ0) is 22.9. The maximum atomic E-state index is 12.2. The van der Waals surface area contributed by atoms with Gasteiger partial charge in [0.25, 0.3) is 11.8 Å². The number of hydrogen-bond donors (Lipinski definition) is 1. The van der Waals surface area contributed by atoms with Gasteiger partial charge in [-0.3, -0.25) is 9.59 Å². The lowest BCUT2D eigenvalue weighted by Crippen LogP contribution is -2.46. The van der Waals surface area contributed by atoms with Crippen molar-refractivity contribution >= 4 is 34.7 Å². The van der Waals surface area contributed by atoms with Crippen LogP contribution in [0.5, 0.6) is 11.5 Å². The number of imide groups is 1. The Morgan fingerprint density at radius 1 is 1.16 bits per heavy atom. The molecule has 1 aromatic rings. The fourth-order valence-electron chi connectivity index (χ4n) is 4.20. The summed E-state index contributed by atoms with van der Waals surface area (Å²) >= 11 is 0. The van der Waals surface area contributed by atoms with Gasteiger partial charge in [-0.25, -0.2) is 4.79 Å². The predicted octanol–water partition coefficient (Wildman–Crippen LogP) is 2.68. The fourth-order valence-corrected chi connectivity index (χ4v) is 4.20. The number of fused-ring (bicyclic) bond motifs is 1. The second-order valence-corrected chi connectivity index (χ2v) is 8.20. The summed E-state index contributed by atoms with van der Waals surface area (Å²) in [6.07, 6.45) is 2.79. The summed E-state index contributed by atoms with van der Waals surface area (Å²) in [6, 6.07) is 1.88. The number of benzene rings is 1. The first-order chi connectivity index (χ1) is 14.6. The third-order valence-electron chi connectivity index (χ3n) is 5.60. The van der Waals surface area contributed by atoms with Crippen molar-refractivity contribution in [3.63, 3.8) is 0 Å². The normalized spacial score (nSPS) is 17.4. The molecule has 3 rings (SSSR count). The fraction of sp³-hybridized carbons (Fsp3) is 0.500. The van der Waals surface area contributed by atoms with Crippen LogP contribution in [0.25, 0.3) is 5.57 Å². The Hall–Kier alpha value is -3.23. The topological polar surface area (TPSA) is 111 Å². The first kappa shape index (κ1) is 22.5. The van der Waals surface area contributed by atoms with Crippen molar-refractivity contribution in [3.8, 4) is 11.5 Å². The maximum absolute atomic E-state index is 12.2. The average molecular weight is 431 g/mol. The Morgan fingerprint density at radius 2 is 1.81 bits per heavy atom. The molecule has 9 heteroatoms. The molecule has 0 spiro atoms. The van der Waals surface area contributed by atoms with Crippen LogP contribution in [-0.2, 0) is 19.2 Å². The van der Waals surface area contributed by atoms with Crippen molar-refractivity contribution in [1.82, 2.24) is 5.06 Å². The zero-order valence-corrected chi connectivity index (χ0v) is 18.6. The minimum Gasteiger partial charge on any atom is -0.494 e. The lowest BCUT2D eigenvalue weighted by molar-refractivity contribution is -0.197. The van der Waals surface area contributed by atoms with Crippen LogP contribution in [-0.4, -0.2) is 49.2 Å². The summed E-state index contributed by atoms with van der Waals surface area (Å²) in [6.45, 7) is 6.69. The van der Waals surface area contributed by atoms with E-state index < -0.39 is 17.8 Å². The molecule has 0 radical (unpaired) electrons. The van der Waals surface area contributed by atoms with E-state index in [1.165, 1.54) is 0 Å². The molecule has 168 valence electrons. The second kappa shape index (κ2) is 8.49. The molecule has 0 saturated carbocycles. The monoisotopic (exact) mass is 431 g/mol. The smallest absolute Gasteiger partial charge is 0.333 e. The van der Waals surface area contributed by atoms with Crippen LogP contribution in [0.1, 0.15) is 52.0 Å². The summed E-state index contributed by atoms with van der Waals surface area (Å²) < 4.78 is 11.0. The van der Waals surface area contributed by atoms with Crippen LogP contribution in [0, 0.1) is 0 Å². The third kappa shape index (κ3) is 4.17. The molecule has 2 aliphatic rings. The van der Waals surface area contributed by atoms with Crippen molar-refractivity contribution in [2.45, 2.75) is 52.0 Å². The van der Waals surface area contributed by atoms with Crippen molar-refractivity contribution < 1.29 is 28.7 Å². The van der Waals surface area contributed by atoms with E-state index in [4.69, 9.17) is 20.0 Å². The van der Waals surface area contributed by atoms with E-state index in [2.05, 4.69) is 24.8 Å². The summed E-state index contributed by atoms with van der Waals surface area (Å²) in [5.74, 6) is -0.521. The molecule has 2 N–H and O–H groups in total. The van der Waals surface area contributed by atoms with Gasteiger partial charge < -0.3 is 24.9 Å². The van der Waals surface area contributed by atoms with Crippen LogP contribution in [0.15, 0.2) is 12.1 Å². The number of carbonyl (C=O) groups excluding carboxylic acids is 3. The number of allylic oxidation sites excluding steroid dienone is 1. The van der Waals surface area contributed by atoms with Crippen LogP contribution in [0.2, 0.25) is 0 Å². The summed E-state index contributed by atoms with van der Waals surface area (Å²) in [5.41, 5.74) is 9.13. The number of nitrogen functional groups attached to an aromatic ring is 1. The number of hydrogen-bond acceptors (Lipinski definition) is 8. The molecule has 2 aliphatic heterocycles. The van der Waals surface area contributed by atoms with Crippen molar-refractivity contribution in [1.29, 1.82) is 0 Å². The van der Waals surface area contributed by atoms with Crippen LogP contribution in [0.3, 0.4) is 0 Å². The predicted molar refractivity (Wildman–Crippen MR) is 115 cm³/mol. The molecular weight excluding hydrogens is 402 g/mol. The van der Waals surface area contributed by atoms with Gasteiger partial charge in [0, 0.05) is 37.4 Å². The molecule has 1 fully saturated rings. The number of nitrogens with zero attached hydrogens (tertiary/aromatic N) is 2. The van der Waals surface area contributed by atoms with Gasteiger partial charge >= 0.3 is 5.97 Å². The zero-order valence-electron chi connectivity index (χ0n) is 18.6. The number of methoxy groups -OCH3 is 2. The van der Waals surface area contributed by atoms with E-state index in [1.54, 1.807) is 14.2 Å². The maximum Gasteiger partial charge on any atom is 0.333 e. The lowest BCUT2D eigenvalue weighted by Gasteiger charge is -2.44. The first-order valence-electron chi connectivity index (χ1n) is 10.2. The number of hydroxylamine groups is 2. The quantitative estimate of drug-likeness (QED) is 0.518. The molecular formula is C22H29N3O6. The number of carbonyl (C=O) groups is 3. The Labute approximate surface area is 181 Å². The van der Waals surface area contributed by atoms with Gasteiger partial charge in [-0.2, -0.15) is 0 Å². The largest absolute Gasteiger partial charge is 0.494 e. The van der Waals surface area contributed by atoms with E-state index in [-0.39, 0.29) is 24.8 Å². The highest BCUT2D eigenvalue weighted by Crippen LogP contribution is 2.49. The molecule has 2 amide bonds. The summed E-state index contributed by atoms with van der Waals surface area (Å²) in [4.78, 5) is 42.5. The van der Waals surface area contributed by atoms with E-state index in [0.717, 1.165) is 16.8 Å². The standard InChI is InChI=1S/C22H29N3O6/c1-13-12-22(2,3)24(14-11-15(29-4)20(23)21(30-5)19(13)14)10-6-7-18(28)31-25-16(26)8-9-17(25)27/h11-12H,6-10,23H2,1-5H3. The number of amides is 2. The van der Waals surface area contributed by atoms with E-state index in [1.807, 2.05) is 13.0 Å². The molecule has 0 atom stereocenters. The SMILES string of the molecule is COc1cc2c(c(OC)c1N)C(C)=CC(C)(C)N2CCCC(=O)ON1C(=O)CCC1=O. The first-order valence-corrected chi connectivity index (χ1v) is 10.2.